The van der Waals surface area contributed by atoms with Gasteiger partial charge in [0.1, 0.15) is 0 Å². The van der Waals surface area contributed by atoms with Crippen molar-refractivity contribution in [2.45, 2.75) is 27.7 Å². The summed E-state index contributed by atoms with van der Waals surface area (Å²) in [4.78, 5) is 4.36. The van der Waals surface area contributed by atoms with Crippen LogP contribution >= 0.6 is 0 Å². The largest absolute Gasteiger partial charge is 0.285 e. The van der Waals surface area contributed by atoms with Crippen LogP contribution in [0.2, 0.25) is 0 Å². The van der Waals surface area contributed by atoms with Gasteiger partial charge in [0.2, 0.25) is 0 Å². The van der Waals surface area contributed by atoms with Gasteiger partial charge in [-0.25, -0.2) is 0 Å². The van der Waals surface area contributed by atoms with E-state index < -0.39 is 0 Å². The fraction of sp³-hybridized carbons (Fsp3) is 0.667. The predicted molar refractivity (Wildman–Crippen MR) is 45.5 cm³/mol. The first-order chi connectivity index (χ1) is 4.63. The molecule has 1 rings (SSSR count). The topological polar surface area (TPSA) is 12.4 Å². The second-order valence-corrected chi connectivity index (χ2v) is 3.25. The minimum absolute atomic E-state index is 0.645. The summed E-state index contributed by atoms with van der Waals surface area (Å²) >= 11 is 0. The number of allylic oxidation sites excluding steroid dienone is 1. The lowest BCUT2D eigenvalue weighted by Crippen LogP contribution is -2.02. The number of nitrogens with zero attached hydrogens (tertiary/aromatic N) is 1. The third-order valence-corrected chi connectivity index (χ3v) is 1.98. The molecule has 1 aliphatic rings. The Morgan fingerprint density at radius 2 is 1.90 bits per heavy atom. The molecule has 0 saturated heterocycles. The molecule has 0 aromatic carbocycles. The highest BCUT2D eigenvalue weighted by atomic mass is 14.8. The van der Waals surface area contributed by atoms with Gasteiger partial charge in [0.15, 0.2) is 0 Å². The standard InChI is InChI=1S/C9H15N/c1-6(2)9-7(3)5-10-8(9)4/h6H,5H2,1-4H3. The van der Waals surface area contributed by atoms with Gasteiger partial charge in [0, 0.05) is 5.71 Å². The summed E-state index contributed by atoms with van der Waals surface area (Å²) in [6.07, 6.45) is 0. The smallest absolute Gasteiger partial charge is 0.0606 e. The highest BCUT2D eigenvalue weighted by Crippen LogP contribution is 2.21. The number of rotatable bonds is 1. The van der Waals surface area contributed by atoms with Crippen molar-refractivity contribution in [3.05, 3.63) is 11.1 Å². The molecule has 0 spiro atoms. The third-order valence-electron chi connectivity index (χ3n) is 1.98. The van der Waals surface area contributed by atoms with Gasteiger partial charge in [-0.2, -0.15) is 0 Å². The van der Waals surface area contributed by atoms with Crippen LogP contribution in [0.25, 0.3) is 0 Å². The molecule has 0 aromatic rings. The first-order valence-corrected chi connectivity index (χ1v) is 3.84. The summed E-state index contributed by atoms with van der Waals surface area (Å²) in [6, 6.07) is 0. The van der Waals surface area contributed by atoms with Crippen molar-refractivity contribution >= 4 is 5.71 Å². The summed E-state index contributed by atoms with van der Waals surface area (Å²) in [7, 11) is 0. The van der Waals surface area contributed by atoms with Crippen LogP contribution in [0.15, 0.2) is 16.1 Å². The first-order valence-electron chi connectivity index (χ1n) is 3.84. The van der Waals surface area contributed by atoms with Crippen molar-refractivity contribution in [1.29, 1.82) is 0 Å². The number of aliphatic imine (C=N–C) groups is 1. The van der Waals surface area contributed by atoms with Crippen molar-refractivity contribution in [3.63, 3.8) is 0 Å². The van der Waals surface area contributed by atoms with Crippen molar-refractivity contribution < 1.29 is 0 Å². The van der Waals surface area contributed by atoms with Crippen LogP contribution in [0.1, 0.15) is 27.7 Å². The SMILES string of the molecule is CC1=NCC(C)=C1C(C)C. The molecule has 56 valence electrons. The maximum absolute atomic E-state index is 4.36. The molecule has 0 amide bonds. The van der Waals surface area contributed by atoms with Gasteiger partial charge in [-0.1, -0.05) is 13.8 Å². The van der Waals surface area contributed by atoms with Crippen LogP contribution in [0.5, 0.6) is 0 Å². The molecule has 0 radical (unpaired) electrons. The highest BCUT2D eigenvalue weighted by Gasteiger charge is 2.14. The van der Waals surface area contributed by atoms with E-state index in [0.29, 0.717) is 5.92 Å². The second kappa shape index (κ2) is 2.57. The molecule has 0 atom stereocenters. The minimum Gasteiger partial charge on any atom is -0.285 e. The summed E-state index contributed by atoms with van der Waals surface area (Å²) < 4.78 is 0. The van der Waals surface area contributed by atoms with E-state index >= 15 is 0 Å². The molecular weight excluding hydrogens is 122 g/mol. The minimum atomic E-state index is 0.645. The Kier molecular flexibility index (Phi) is 1.93. The highest BCUT2D eigenvalue weighted by molar-refractivity contribution is 6.01. The average Bonchev–Trinajstić information content (AvgIpc) is 2.11. The fourth-order valence-electron chi connectivity index (χ4n) is 1.63. The van der Waals surface area contributed by atoms with E-state index in [2.05, 4.69) is 32.7 Å². The van der Waals surface area contributed by atoms with E-state index in [1.54, 1.807) is 0 Å². The van der Waals surface area contributed by atoms with Gasteiger partial charge in [0.05, 0.1) is 6.54 Å². The number of hydrogen-bond donors (Lipinski definition) is 0. The molecule has 0 bridgehead atoms. The molecule has 0 aliphatic carbocycles. The van der Waals surface area contributed by atoms with Gasteiger partial charge < -0.3 is 0 Å². The van der Waals surface area contributed by atoms with Crippen molar-refractivity contribution in [3.8, 4) is 0 Å². The Morgan fingerprint density at radius 1 is 1.30 bits per heavy atom. The molecule has 0 aromatic heterocycles. The van der Waals surface area contributed by atoms with Crippen molar-refractivity contribution in [1.82, 2.24) is 0 Å². The molecule has 0 fully saturated rings. The van der Waals surface area contributed by atoms with Crippen LogP contribution in [0, 0.1) is 5.92 Å². The van der Waals surface area contributed by atoms with E-state index in [0.717, 1.165) is 6.54 Å². The Bertz CT molecular complexity index is 197. The van der Waals surface area contributed by atoms with Crippen LogP contribution in [-0.2, 0) is 0 Å². The lowest BCUT2D eigenvalue weighted by atomic mass is 9.96. The Labute approximate surface area is 62.9 Å². The maximum Gasteiger partial charge on any atom is 0.0606 e. The first kappa shape index (κ1) is 7.52. The fourth-order valence-corrected chi connectivity index (χ4v) is 1.63. The molecule has 1 aliphatic heterocycles. The quantitative estimate of drug-likeness (QED) is 0.526. The summed E-state index contributed by atoms with van der Waals surface area (Å²) in [5.74, 6) is 0.645. The summed E-state index contributed by atoms with van der Waals surface area (Å²) in [6.45, 7) is 9.66. The zero-order valence-electron chi connectivity index (χ0n) is 7.23. The maximum atomic E-state index is 4.36. The molecule has 0 N–H and O–H groups in total. The Balaban J connectivity index is 2.90. The Hall–Kier alpha value is -0.590. The molecule has 1 nitrogen and oxygen atoms in total. The lowest BCUT2D eigenvalue weighted by Gasteiger charge is -2.07. The van der Waals surface area contributed by atoms with Gasteiger partial charge in [-0.15, -0.1) is 0 Å². The van der Waals surface area contributed by atoms with Gasteiger partial charge in [0.25, 0.3) is 0 Å². The lowest BCUT2D eigenvalue weighted by molar-refractivity contribution is 0.795. The van der Waals surface area contributed by atoms with Crippen LogP contribution < -0.4 is 0 Å². The zero-order chi connectivity index (χ0) is 7.72. The summed E-state index contributed by atoms with van der Waals surface area (Å²) in [5.41, 5.74) is 4.17. The molecule has 10 heavy (non-hydrogen) atoms. The molecule has 1 heteroatoms. The molecule has 0 unspecified atom stereocenters. The van der Waals surface area contributed by atoms with Crippen molar-refractivity contribution in [2.75, 3.05) is 6.54 Å². The normalized spacial score (nSPS) is 18.7. The van der Waals surface area contributed by atoms with Gasteiger partial charge >= 0.3 is 0 Å². The molecule has 1 heterocycles. The average molecular weight is 137 g/mol. The second-order valence-electron chi connectivity index (χ2n) is 3.25. The van der Waals surface area contributed by atoms with E-state index in [9.17, 15) is 0 Å². The summed E-state index contributed by atoms with van der Waals surface area (Å²) in [5, 5.41) is 0. The van der Waals surface area contributed by atoms with E-state index in [1.165, 1.54) is 16.9 Å². The van der Waals surface area contributed by atoms with E-state index in [4.69, 9.17) is 0 Å². The molecular formula is C9H15N. The molecule has 0 saturated carbocycles. The van der Waals surface area contributed by atoms with Gasteiger partial charge in [-0.3, -0.25) is 4.99 Å². The van der Waals surface area contributed by atoms with Gasteiger partial charge in [-0.05, 0) is 30.9 Å². The Morgan fingerprint density at radius 3 is 2.10 bits per heavy atom. The zero-order valence-corrected chi connectivity index (χ0v) is 7.23. The number of hydrogen-bond acceptors (Lipinski definition) is 1. The van der Waals surface area contributed by atoms with E-state index in [1.807, 2.05) is 0 Å². The van der Waals surface area contributed by atoms with Crippen LogP contribution in [-0.4, -0.2) is 12.3 Å². The monoisotopic (exact) mass is 137 g/mol. The van der Waals surface area contributed by atoms with Crippen LogP contribution in [0.3, 0.4) is 0 Å². The van der Waals surface area contributed by atoms with Crippen molar-refractivity contribution in [2.24, 2.45) is 10.9 Å². The van der Waals surface area contributed by atoms with E-state index in [-0.39, 0.29) is 0 Å². The third kappa shape index (κ3) is 1.13. The van der Waals surface area contributed by atoms with Crippen LogP contribution in [0.4, 0.5) is 0 Å². The predicted octanol–water partition coefficient (Wildman–Crippen LogP) is 2.43.